The summed E-state index contributed by atoms with van der Waals surface area (Å²) in [4.78, 5) is 5.02. The summed E-state index contributed by atoms with van der Waals surface area (Å²) < 4.78 is 1.17. The minimum Gasteiger partial charge on any atom is -0.236 e. The Morgan fingerprint density at radius 2 is 1.09 bits per heavy atom. The Hall–Kier alpha value is -6.07. The van der Waals surface area contributed by atoms with E-state index in [0.29, 0.717) is 11.1 Å². The molecule has 1 heterocycles. The van der Waals surface area contributed by atoms with Gasteiger partial charge in [-0.15, -0.1) is 11.3 Å². The summed E-state index contributed by atoms with van der Waals surface area (Å²) in [6.07, 6.45) is 0. The molecule has 0 amide bonds. The lowest BCUT2D eigenvalue weighted by Crippen LogP contribution is -1.89. The lowest BCUT2D eigenvalue weighted by atomic mass is 9.90. The molecule has 0 aliphatic heterocycles. The van der Waals surface area contributed by atoms with Crippen molar-refractivity contribution in [2.24, 2.45) is 0 Å². The van der Waals surface area contributed by atoms with Gasteiger partial charge >= 0.3 is 0 Å². The second kappa shape index (κ2) is 10.9. The smallest absolute Gasteiger partial charge is 0.124 e. The van der Waals surface area contributed by atoms with Crippen molar-refractivity contribution < 1.29 is 0 Å². The number of benzene rings is 7. The van der Waals surface area contributed by atoms with Crippen molar-refractivity contribution in [2.75, 3.05) is 0 Å². The third-order valence-corrected chi connectivity index (χ3v) is 9.45. The van der Waals surface area contributed by atoms with Crippen LogP contribution in [-0.2, 0) is 0 Å². The van der Waals surface area contributed by atoms with Crippen LogP contribution >= 0.6 is 11.3 Å². The molecule has 0 unspecified atom stereocenters. The fourth-order valence-corrected chi connectivity index (χ4v) is 7.08. The van der Waals surface area contributed by atoms with Gasteiger partial charge in [-0.05, 0) is 103 Å². The normalized spacial score (nSPS) is 11.1. The van der Waals surface area contributed by atoms with Crippen LogP contribution in [-0.4, -0.2) is 4.98 Å². The van der Waals surface area contributed by atoms with E-state index in [1.54, 1.807) is 23.5 Å². The molecule has 0 aliphatic rings. The Balaban J connectivity index is 1.31. The van der Waals surface area contributed by atoms with Crippen LogP contribution in [0.3, 0.4) is 0 Å². The van der Waals surface area contributed by atoms with Crippen LogP contribution in [0.1, 0.15) is 11.1 Å². The van der Waals surface area contributed by atoms with Gasteiger partial charge in [-0.2, -0.15) is 10.5 Å². The Bertz CT molecular complexity index is 2480. The number of fused-ring (bicyclic) bond motifs is 4. The van der Waals surface area contributed by atoms with Crippen LogP contribution in [0.25, 0.3) is 75.7 Å². The Morgan fingerprint density at radius 1 is 0.467 bits per heavy atom. The van der Waals surface area contributed by atoms with E-state index in [-0.39, 0.29) is 0 Å². The van der Waals surface area contributed by atoms with E-state index >= 15 is 0 Å². The van der Waals surface area contributed by atoms with E-state index in [9.17, 15) is 10.5 Å². The molecule has 8 aromatic rings. The first-order valence-corrected chi connectivity index (χ1v) is 15.5. The summed E-state index contributed by atoms with van der Waals surface area (Å²) in [5.41, 5.74) is 9.26. The third kappa shape index (κ3) is 4.71. The molecular formula is C41H23N3S. The first-order valence-electron chi connectivity index (χ1n) is 14.7. The molecule has 0 fully saturated rings. The number of nitrogens with zero attached hydrogens (tertiary/aromatic N) is 3. The number of nitriles is 2. The molecule has 45 heavy (non-hydrogen) atoms. The molecule has 8 rings (SSSR count). The highest BCUT2D eigenvalue weighted by Gasteiger charge is 2.15. The molecule has 0 atom stereocenters. The van der Waals surface area contributed by atoms with Crippen LogP contribution in [0.2, 0.25) is 0 Å². The van der Waals surface area contributed by atoms with Crippen molar-refractivity contribution in [3.05, 3.63) is 151 Å². The summed E-state index contributed by atoms with van der Waals surface area (Å²) in [5.74, 6) is 0. The van der Waals surface area contributed by atoms with Crippen molar-refractivity contribution in [1.29, 1.82) is 10.5 Å². The standard InChI is InChI=1S/C41H23N3S/c42-24-30-18-17-28(19-34(30)25-43)26-13-15-27(16-14-26)31-20-32(22-33(21-31)41-44-39-11-5-6-12-40(39)45-41)38-23-29-7-1-2-8-35(29)36-9-3-4-10-37(36)38/h1-23H. The number of aromatic nitrogens is 1. The highest BCUT2D eigenvalue weighted by molar-refractivity contribution is 7.21. The van der Waals surface area contributed by atoms with Crippen LogP contribution in [0.4, 0.5) is 0 Å². The minimum absolute atomic E-state index is 0.384. The number of thiazole rings is 1. The topological polar surface area (TPSA) is 60.5 Å². The van der Waals surface area contributed by atoms with E-state index in [1.165, 1.54) is 31.8 Å². The van der Waals surface area contributed by atoms with Gasteiger partial charge in [0, 0.05) is 5.56 Å². The average molecular weight is 590 g/mol. The minimum atomic E-state index is 0.384. The number of rotatable bonds is 4. The van der Waals surface area contributed by atoms with E-state index in [1.807, 2.05) is 12.1 Å². The maximum absolute atomic E-state index is 9.52. The predicted molar refractivity (Wildman–Crippen MR) is 186 cm³/mol. The largest absolute Gasteiger partial charge is 0.236 e. The van der Waals surface area contributed by atoms with Crippen LogP contribution in [0, 0.1) is 22.7 Å². The van der Waals surface area contributed by atoms with Gasteiger partial charge in [-0.1, -0.05) is 91.0 Å². The maximum atomic E-state index is 9.52. The molecular weight excluding hydrogens is 567 g/mol. The van der Waals surface area contributed by atoms with Crippen LogP contribution in [0.5, 0.6) is 0 Å². The van der Waals surface area contributed by atoms with Gasteiger partial charge in [0.05, 0.1) is 21.3 Å². The fraction of sp³-hybridized carbons (Fsp3) is 0. The fourth-order valence-electron chi connectivity index (χ4n) is 6.13. The van der Waals surface area contributed by atoms with Crippen LogP contribution < -0.4 is 0 Å². The SMILES string of the molecule is N#Cc1ccc(-c2ccc(-c3cc(-c4nc5ccccc5s4)cc(-c4cc5ccccc5c5ccccc45)c3)cc2)cc1C#N. The molecule has 0 saturated heterocycles. The monoisotopic (exact) mass is 589 g/mol. The number of para-hydroxylation sites is 1. The van der Waals surface area contributed by atoms with E-state index < -0.39 is 0 Å². The second-order valence-corrected chi connectivity index (χ2v) is 12.1. The van der Waals surface area contributed by atoms with Gasteiger partial charge in [0.2, 0.25) is 0 Å². The molecule has 0 radical (unpaired) electrons. The first kappa shape index (κ1) is 26.5. The molecule has 1 aromatic heterocycles. The Kier molecular flexibility index (Phi) is 6.42. The van der Waals surface area contributed by atoms with Crippen LogP contribution in [0.15, 0.2) is 140 Å². The van der Waals surface area contributed by atoms with E-state index in [0.717, 1.165) is 43.9 Å². The zero-order valence-corrected chi connectivity index (χ0v) is 24.8. The molecule has 0 aliphatic carbocycles. The van der Waals surface area contributed by atoms with Crippen molar-refractivity contribution in [3.8, 4) is 56.1 Å². The zero-order valence-electron chi connectivity index (χ0n) is 24.0. The van der Waals surface area contributed by atoms with Gasteiger partial charge in [0.15, 0.2) is 0 Å². The van der Waals surface area contributed by atoms with Gasteiger partial charge < -0.3 is 0 Å². The average Bonchev–Trinajstić information content (AvgIpc) is 3.55. The molecule has 0 spiro atoms. The Morgan fingerprint density at radius 3 is 1.87 bits per heavy atom. The number of hydrogen-bond acceptors (Lipinski definition) is 4. The third-order valence-electron chi connectivity index (χ3n) is 8.36. The van der Waals surface area contributed by atoms with Crippen molar-refractivity contribution >= 4 is 43.1 Å². The summed E-state index contributed by atoms with van der Waals surface area (Å²) >= 11 is 1.71. The summed E-state index contributed by atoms with van der Waals surface area (Å²) in [6, 6.07) is 52.6. The maximum Gasteiger partial charge on any atom is 0.124 e. The first-order chi connectivity index (χ1) is 22.2. The number of hydrogen-bond donors (Lipinski definition) is 0. The molecule has 0 N–H and O–H groups in total. The predicted octanol–water partition coefficient (Wildman–Crippen LogP) is 11.0. The molecule has 0 bridgehead atoms. The van der Waals surface area contributed by atoms with Crippen molar-refractivity contribution in [1.82, 2.24) is 4.98 Å². The molecule has 0 saturated carbocycles. The zero-order chi connectivity index (χ0) is 30.3. The molecule has 7 aromatic carbocycles. The highest BCUT2D eigenvalue weighted by atomic mass is 32.1. The van der Waals surface area contributed by atoms with E-state index in [4.69, 9.17) is 4.98 Å². The molecule has 3 nitrogen and oxygen atoms in total. The quantitative estimate of drug-likeness (QED) is 0.192. The molecule has 208 valence electrons. The van der Waals surface area contributed by atoms with Gasteiger partial charge in [0.1, 0.15) is 17.1 Å². The second-order valence-electron chi connectivity index (χ2n) is 11.0. The Labute approximate surface area is 264 Å². The van der Waals surface area contributed by atoms with Gasteiger partial charge in [-0.3, -0.25) is 0 Å². The van der Waals surface area contributed by atoms with E-state index in [2.05, 4.69) is 127 Å². The lowest BCUT2D eigenvalue weighted by Gasteiger charge is -2.14. The summed E-state index contributed by atoms with van der Waals surface area (Å²) in [6.45, 7) is 0. The molecule has 4 heteroatoms. The van der Waals surface area contributed by atoms with Crippen molar-refractivity contribution in [2.45, 2.75) is 0 Å². The van der Waals surface area contributed by atoms with Gasteiger partial charge in [0.25, 0.3) is 0 Å². The van der Waals surface area contributed by atoms with Crippen molar-refractivity contribution in [3.63, 3.8) is 0 Å². The lowest BCUT2D eigenvalue weighted by molar-refractivity contribution is 1.43. The summed E-state index contributed by atoms with van der Waals surface area (Å²) in [7, 11) is 0. The summed E-state index contributed by atoms with van der Waals surface area (Å²) in [5, 5.41) is 24.7. The van der Waals surface area contributed by atoms with Gasteiger partial charge in [-0.25, -0.2) is 4.98 Å². The highest BCUT2D eigenvalue weighted by Crippen LogP contribution is 2.40.